The second-order valence-electron chi connectivity index (χ2n) is 5.48. The molecule has 0 aliphatic heterocycles. The predicted molar refractivity (Wildman–Crippen MR) is 104 cm³/mol. The monoisotopic (exact) mass is 407 g/mol. The lowest BCUT2D eigenvalue weighted by Gasteiger charge is -2.12. The number of benzene rings is 3. The molecule has 3 aromatic rings. The number of ether oxygens (including phenoxy) is 1. The SMILES string of the molecule is O=S(=O)(Nc1cccc(OCc2ccccc2)c1)c1cc(Cl)ccc1Cl. The molecule has 0 spiro atoms. The van der Waals surface area contributed by atoms with E-state index in [2.05, 4.69) is 4.72 Å². The minimum atomic E-state index is -3.87. The van der Waals surface area contributed by atoms with E-state index in [1.165, 1.54) is 18.2 Å². The van der Waals surface area contributed by atoms with Gasteiger partial charge in [-0.2, -0.15) is 0 Å². The molecule has 7 heteroatoms. The van der Waals surface area contributed by atoms with Crippen molar-refractivity contribution in [2.75, 3.05) is 4.72 Å². The van der Waals surface area contributed by atoms with Crippen LogP contribution in [0, 0.1) is 0 Å². The van der Waals surface area contributed by atoms with Crippen LogP contribution in [0.1, 0.15) is 5.56 Å². The van der Waals surface area contributed by atoms with E-state index in [0.29, 0.717) is 18.0 Å². The van der Waals surface area contributed by atoms with Gasteiger partial charge in [-0.05, 0) is 35.9 Å². The van der Waals surface area contributed by atoms with E-state index in [4.69, 9.17) is 27.9 Å². The second kappa shape index (κ2) is 7.99. The number of hydrogen-bond acceptors (Lipinski definition) is 3. The molecule has 0 heterocycles. The summed E-state index contributed by atoms with van der Waals surface area (Å²) < 4.78 is 33.3. The molecule has 0 aliphatic rings. The van der Waals surface area contributed by atoms with Crippen LogP contribution in [0.15, 0.2) is 77.7 Å². The minimum Gasteiger partial charge on any atom is -0.489 e. The van der Waals surface area contributed by atoms with Gasteiger partial charge >= 0.3 is 0 Å². The van der Waals surface area contributed by atoms with Crippen LogP contribution in [0.4, 0.5) is 5.69 Å². The van der Waals surface area contributed by atoms with Gasteiger partial charge in [-0.15, -0.1) is 0 Å². The van der Waals surface area contributed by atoms with Crippen molar-refractivity contribution in [1.29, 1.82) is 0 Å². The maximum Gasteiger partial charge on any atom is 0.263 e. The topological polar surface area (TPSA) is 55.4 Å². The molecule has 0 amide bonds. The summed E-state index contributed by atoms with van der Waals surface area (Å²) >= 11 is 11.9. The number of hydrogen-bond donors (Lipinski definition) is 1. The average Bonchev–Trinajstić information content (AvgIpc) is 2.63. The highest BCUT2D eigenvalue weighted by atomic mass is 35.5. The van der Waals surface area contributed by atoms with E-state index < -0.39 is 10.0 Å². The maximum atomic E-state index is 12.6. The molecule has 0 radical (unpaired) electrons. The fourth-order valence-corrected chi connectivity index (χ4v) is 4.10. The summed E-state index contributed by atoms with van der Waals surface area (Å²) in [7, 11) is -3.87. The molecule has 0 atom stereocenters. The summed E-state index contributed by atoms with van der Waals surface area (Å²) in [6.07, 6.45) is 0. The Balaban J connectivity index is 1.76. The smallest absolute Gasteiger partial charge is 0.263 e. The molecule has 0 bridgehead atoms. The number of sulfonamides is 1. The van der Waals surface area contributed by atoms with Crippen LogP contribution in [0.25, 0.3) is 0 Å². The molecule has 3 aromatic carbocycles. The zero-order chi connectivity index (χ0) is 18.6. The fraction of sp³-hybridized carbons (Fsp3) is 0.0526. The number of nitrogens with one attached hydrogen (secondary N) is 1. The molecule has 26 heavy (non-hydrogen) atoms. The van der Waals surface area contributed by atoms with Gasteiger partial charge in [-0.25, -0.2) is 8.42 Å². The Morgan fingerprint density at radius 3 is 2.42 bits per heavy atom. The van der Waals surface area contributed by atoms with Crippen LogP contribution in [0.5, 0.6) is 5.75 Å². The third-order valence-electron chi connectivity index (χ3n) is 3.52. The van der Waals surface area contributed by atoms with E-state index in [1.807, 2.05) is 30.3 Å². The quantitative estimate of drug-likeness (QED) is 0.596. The van der Waals surface area contributed by atoms with Crippen molar-refractivity contribution >= 4 is 38.9 Å². The van der Waals surface area contributed by atoms with Crippen molar-refractivity contribution in [3.8, 4) is 5.75 Å². The first-order chi connectivity index (χ1) is 12.4. The van der Waals surface area contributed by atoms with Gasteiger partial charge in [0.25, 0.3) is 10.0 Å². The molecule has 0 unspecified atom stereocenters. The Morgan fingerprint density at radius 2 is 1.65 bits per heavy atom. The standard InChI is InChI=1S/C19H15Cl2NO3S/c20-15-9-10-18(21)19(11-15)26(23,24)22-16-7-4-8-17(12-16)25-13-14-5-2-1-3-6-14/h1-12,22H,13H2. The fourth-order valence-electron chi connectivity index (χ4n) is 2.28. The summed E-state index contributed by atoms with van der Waals surface area (Å²) in [6.45, 7) is 0.386. The summed E-state index contributed by atoms with van der Waals surface area (Å²) in [5, 5.41) is 0.383. The highest BCUT2D eigenvalue weighted by Crippen LogP contribution is 2.28. The second-order valence-corrected chi connectivity index (χ2v) is 7.98. The molecule has 0 aliphatic carbocycles. The van der Waals surface area contributed by atoms with Crippen LogP contribution in [-0.2, 0) is 16.6 Å². The highest BCUT2D eigenvalue weighted by Gasteiger charge is 2.18. The van der Waals surface area contributed by atoms with Gasteiger partial charge in [0.1, 0.15) is 17.3 Å². The molecule has 134 valence electrons. The van der Waals surface area contributed by atoms with Crippen molar-refractivity contribution < 1.29 is 13.2 Å². The van der Waals surface area contributed by atoms with Crippen molar-refractivity contribution in [2.24, 2.45) is 0 Å². The van der Waals surface area contributed by atoms with Gasteiger partial charge in [-0.1, -0.05) is 59.6 Å². The first-order valence-corrected chi connectivity index (χ1v) is 9.93. The molecule has 0 fully saturated rings. The molecule has 0 saturated carbocycles. The third kappa shape index (κ3) is 4.69. The lowest BCUT2D eigenvalue weighted by Crippen LogP contribution is -2.13. The van der Waals surface area contributed by atoms with Gasteiger partial charge < -0.3 is 4.74 Å². The predicted octanol–water partition coefficient (Wildman–Crippen LogP) is 5.37. The maximum absolute atomic E-state index is 12.6. The number of halogens is 2. The van der Waals surface area contributed by atoms with E-state index in [1.54, 1.807) is 24.3 Å². The summed E-state index contributed by atoms with van der Waals surface area (Å²) in [5.41, 5.74) is 1.38. The first kappa shape index (κ1) is 18.6. The van der Waals surface area contributed by atoms with Crippen LogP contribution in [0.3, 0.4) is 0 Å². The highest BCUT2D eigenvalue weighted by molar-refractivity contribution is 7.92. The van der Waals surface area contributed by atoms with E-state index in [0.717, 1.165) is 5.56 Å². The van der Waals surface area contributed by atoms with E-state index in [9.17, 15) is 8.42 Å². The Kier molecular flexibility index (Phi) is 5.71. The summed E-state index contributed by atoms with van der Waals surface area (Å²) in [6, 6.07) is 20.7. The van der Waals surface area contributed by atoms with Crippen LogP contribution in [-0.4, -0.2) is 8.42 Å². The zero-order valence-corrected chi connectivity index (χ0v) is 15.9. The molecule has 4 nitrogen and oxygen atoms in total. The Bertz CT molecular complexity index is 1010. The van der Waals surface area contributed by atoms with E-state index >= 15 is 0 Å². The van der Waals surface area contributed by atoms with Gasteiger partial charge in [0.2, 0.25) is 0 Å². The molecular weight excluding hydrogens is 393 g/mol. The van der Waals surface area contributed by atoms with Crippen molar-refractivity contribution in [2.45, 2.75) is 11.5 Å². The normalized spacial score (nSPS) is 11.2. The van der Waals surface area contributed by atoms with Crippen LogP contribution >= 0.6 is 23.2 Å². The Hall–Kier alpha value is -2.21. The van der Waals surface area contributed by atoms with Gasteiger partial charge in [0.05, 0.1) is 10.7 Å². The van der Waals surface area contributed by atoms with Crippen molar-refractivity contribution in [3.05, 3.63) is 88.4 Å². The van der Waals surface area contributed by atoms with Gasteiger partial charge in [0, 0.05) is 11.1 Å². The molecule has 3 rings (SSSR count). The van der Waals surface area contributed by atoms with Crippen molar-refractivity contribution in [1.82, 2.24) is 0 Å². The Morgan fingerprint density at radius 1 is 0.885 bits per heavy atom. The zero-order valence-electron chi connectivity index (χ0n) is 13.5. The Labute approximate surface area is 162 Å². The lowest BCUT2D eigenvalue weighted by atomic mass is 10.2. The largest absolute Gasteiger partial charge is 0.489 e. The van der Waals surface area contributed by atoms with Crippen molar-refractivity contribution in [3.63, 3.8) is 0 Å². The number of rotatable bonds is 6. The summed E-state index contributed by atoms with van der Waals surface area (Å²) in [5.74, 6) is 0.547. The molecular formula is C19H15Cl2NO3S. The number of anilines is 1. The van der Waals surface area contributed by atoms with Crippen LogP contribution < -0.4 is 9.46 Å². The van der Waals surface area contributed by atoms with Gasteiger partial charge in [-0.3, -0.25) is 4.72 Å². The molecule has 1 N–H and O–H groups in total. The van der Waals surface area contributed by atoms with Gasteiger partial charge in [0.15, 0.2) is 0 Å². The molecule has 0 saturated heterocycles. The van der Waals surface area contributed by atoms with E-state index in [-0.39, 0.29) is 14.9 Å². The average molecular weight is 408 g/mol. The minimum absolute atomic E-state index is 0.0812. The summed E-state index contributed by atoms with van der Waals surface area (Å²) in [4.78, 5) is -0.0812. The van der Waals surface area contributed by atoms with Crippen LogP contribution in [0.2, 0.25) is 10.0 Å². The molecule has 0 aromatic heterocycles. The first-order valence-electron chi connectivity index (χ1n) is 7.69. The lowest BCUT2D eigenvalue weighted by molar-refractivity contribution is 0.306. The third-order valence-corrected chi connectivity index (χ3v) is 5.62.